The van der Waals surface area contributed by atoms with Gasteiger partial charge in [0, 0.05) is 5.75 Å². The Hall–Kier alpha value is -0.170. The lowest BCUT2D eigenvalue weighted by molar-refractivity contribution is 0.953. The number of rotatable bonds is 2. The van der Waals surface area contributed by atoms with Crippen molar-refractivity contribution >= 4 is 11.8 Å². The molecule has 0 fully saturated rings. The van der Waals surface area contributed by atoms with Gasteiger partial charge in [-0.3, -0.25) is 0 Å². The Balaban J connectivity index is 2.32. The van der Waals surface area contributed by atoms with Crippen LogP contribution in [0.4, 0.5) is 0 Å². The quantitative estimate of drug-likeness (QED) is 0.568. The first-order valence-electron chi connectivity index (χ1n) is 3.40. The van der Waals surface area contributed by atoms with Gasteiger partial charge in [0.25, 0.3) is 0 Å². The summed E-state index contributed by atoms with van der Waals surface area (Å²) in [6.45, 7) is 2.21. The van der Waals surface area contributed by atoms with Crippen molar-refractivity contribution in [2.24, 2.45) is 0 Å². The van der Waals surface area contributed by atoms with Crippen LogP contribution in [0, 0.1) is 0 Å². The summed E-state index contributed by atoms with van der Waals surface area (Å²) < 4.78 is 0. The second-order valence-electron chi connectivity index (χ2n) is 2.18. The van der Waals surface area contributed by atoms with Crippen LogP contribution < -0.4 is 0 Å². The molecule has 1 heterocycles. The standard InChI is InChI=1S/C8H12S/c1-2-3-4-8-5-6-9-7-8/h4-6H,2-3,7H2,1H3. The first-order valence-corrected chi connectivity index (χ1v) is 4.45. The summed E-state index contributed by atoms with van der Waals surface area (Å²) in [6.07, 6.45) is 7.04. The molecule has 0 N–H and O–H groups in total. The maximum absolute atomic E-state index is 2.33. The predicted octanol–water partition coefficient (Wildman–Crippen LogP) is 2.97. The van der Waals surface area contributed by atoms with Crippen LogP contribution in [0.1, 0.15) is 19.8 Å². The number of hydrogen-bond acceptors (Lipinski definition) is 1. The first kappa shape index (κ1) is 6.94. The Morgan fingerprint density at radius 1 is 1.78 bits per heavy atom. The van der Waals surface area contributed by atoms with Crippen LogP contribution in [-0.2, 0) is 0 Å². The fraction of sp³-hybridized carbons (Fsp3) is 0.500. The molecule has 0 saturated carbocycles. The van der Waals surface area contributed by atoms with Gasteiger partial charge >= 0.3 is 0 Å². The molecule has 0 spiro atoms. The second kappa shape index (κ2) is 3.78. The molecule has 1 aliphatic heterocycles. The van der Waals surface area contributed by atoms with E-state index in [4.69, 9.17) is 0 Å². The van der Waals surface area contributed by atoms with Gasteiger partial charge in [0.05, 0.1) is 0 Å². The van der Waals surface area contributed by atoms with Gasteiger partial charge in [0.1, 0.15) is 0 Å². The van der Waals surface area contributed by atoms with Gasteiger partial charge in [-0.1, -0.05) is 25.5 Å². The number of hydrogen-bond donors (Lipinski definition) is 0. The van der Waals surface area contributed by atoms with Gasteiger partial charge < -0.3 is 0 Å². The summed E-state index contributed by atoms with van der Waals surface area (Å²) in [4.78, 5) is 0. The summed E-state index contributed by atoms with van der Waals surface area (Å²) >= 11 is 1.88. The lowest BCUT2D eigenvalue weighted by atomic mass is 10.2. The van der Waals surface area contributed by atoms with E-state index in [1.54, 1.807) is 0 Å². The van der Waals surface area contributed by atoms with Crippen LogP contribution in [0.3, 0.4) is 0 Å². The van der Waals surface area contributed by atoms with Crippen molar-refractivity contribution in [2.75, 3.05) is 5.75 Å². The first-order chi connectivity index (χ1) is 4.43. The highest BCUT2D eigenvalue weighted by atomic mass is 32.2. The molecule has 0 aromatic rings. The van der Waals surface area contributed by atoms with Crippen molar-refractivity contribution in [1.29, 1.82) is 0 Å². The van der Waals surface area contributed by atoms with Crippen molar-refractivity contribution in [1.82, 2.24) is 0 Å². The van der Waals surface area contributed by atoms with Crippen molar-refractivity contribution in [2.45, 2.75) is 19.8 Å². The molecule has 0 unspecified atom stereocenters. The Kier molecular flexibility index (Phi) is 2.92. The van der Waals surface area contributed by atoms with E-state index < -0.39 is 0 Å². The summed E-state index contributed by atoms with van der Waals surface area (Å²) in [7, 11) is 0. The minimum Gasteiger partial charge on any atom is -0.129 e. The van der Waals surface area contributed by atoms with Crippen molar-refractivity contribution in [3.8, 4) is 0 Å². The van der Waals surface area contributed by atoms with E-state index in [2.05, 4.69) is 24.5 Å². The summed E-state index contributed by atoms with van der Waals surface area (Å²) in [5.74, 6) is 1.19. The minimum absolute atomic E-state index is 1.19. The third-order valence-electron chi connectivity index (χ3n) is 1.32. The molecule has 0 aromatic heterocycles. The number of allylic oxidation sites excluding steroid dienone is 2. The monoisotopic (exact) mass is 140 g/mol. The molecule has 0 saturated heterocycles. The molecule has 50 valence electrons. The number of thioether (sulfide) groups is 1. The molecular weight excluding hydrogens is 128 g/mol. The smallest absolute Gasteiger partial charge is 0.0223 e. The Morgan fingerprint density at radius 3 is 3.22 bits per heavy atom. The SMILES string of the molecule is CCCC=C1C=CSC1. The lowest BCUT2D eigenvalue weighted by Crippen LogP contribution is -1.74. The largest absolute Gasteiger partial charge is 0.129 e. The zero-order chi connectivity index (χ0) is 6.53. The van der Waals surface area contributed by atoms with Gasteiger partial charge in [-0.2, -0.15) is 0 Å². The third kappa shape index (κ3) is 2.27. The highest BCUT2D eigenvalue weighted by molar-refractivity contribution is 8.02. The normalized spacial score (nSPS) is 21.7. The van der Waals surface area contributed by atoms with E-state index in [0.717, 1.165) is 0 Å². The maximum Gasteiger partial charge on any atom is 0.0223 e. The molecule has 0 aromatic carbocycles. The van der Waals surface area contributed by atoms with Gasteiger partial charge in [0.2, 0.25) is 0 Å². The molecule has 1 rings (SSSR count). The van der Waals surface area contributed by atoms with E-state index in [1.807, 2.05) is 11.8 Å². The van der Waals surface area contributed by atoms with Crippen molar-refractivity contribution < 1.29 is 0 Å². The Bertz CT molecular complexity index is 134. The second-order valence-corrected chi connectivity index (χ2v) is 3.08. The van der Waals surface area contributed by atoms with E-state index in [0.29, 0.717) is 0 Å². The highest BCUT2D eigenvalue weighted by Gasteiger charge is 1.96. The van der Waals surface area contributed by atoms with Crippen LogP contribution in [-0.4, -0.2) is 5.75 Å². The minimum atomic E-state index is 1.19. The van der Waals surface area contributed by atoms with Gasteiger partial charge in [-0.15, -0.1) is 11.8 Å². The van der Waals surface area contributed by atoms with E-state index in [9.17, 15) is 0 Å². The summed E-state index contributed by atoms with van der Waals surface area (Å²) in [5.41, 5.74) is 1.50. The fourth-order valence-corrected chi connectivity index (χ4v) is 1.56. The molecule has 0 radical (unpaired) electrons. The van der Waals surface area contributed by atoms with Crippen LogP contribution in [0.15, 0.2) is 23.1 Å². The topological polar surface area (TPSA) is 0 Å². The maximum atomic E-state index is 2.33. The summed E-state index contributed by atoms with van der Waals surface area (Å²) in [5, 5.41) is 2.17. The molecule has 9 heavy (non-hydrogen) atoms. The summed E-state index contributed by atoms with van der Waals surface area (Å²) in [6, 6.07) is 0. The van der Waals surface area contributed by atoms with Gasteiger partial charge in [-0.25, -0.2) is 0 Å². The Labute approximate surface area is 61.0 Å². The molecule has 1 heteroatoms. The predicted molar refractivity (Wildman–Crippen MR) is 44.6 cm³/mol. The van der Waals surface area contributed by atoms with Crippen LogP contribution in [0.5, 0.6) is 0 Å². The van der Waals surface area contributed by atoms with Crippen molar-refractivity contribution in [3.63, 3.8) is 0 Å². The fourth-order valence-electron chi connectivity index (χ4n) is 0.785. The van der Waals surface area contributed by atoms with E-state index in [-0.39, 0.29) is 0 Å². The molecule has 0 bridgehead atoms. The van der Waals surface area contributed by atoms with E-state index >= 15 is 0 Å². The average Bonchev–Trinajstić information content (AvgIpc) is 2.34. The molecule has 1 aliphatic rings. The molecular formula is C8H12S. The lowest BCUT2D eigenvalue weighted by Gasteiger charge is -1.89. The molecule has 0 aliphatic carbocycles. The molecule has 0 atom stereocenters. The van der Waals surface area contributed by atoms with Crippen LogP contribution >= 0.6 is 11.8 Å². The Morgan fingerprint density at radius 2 is 2.67 bits per heavy atom. The van der Waals surface area contributed by atoms with E-state index in [1.165, 1.54) is 24.2 Å². The van der Waals surface area contributed by atoms with Crippen LogP contribution in [0.2, 0.25) is 0 Å². The highest BCUT2D eigenvalue weighted by Crippen LogP contribution is 2.19. The number of unbranched alkanes of at least 4 members (excludes halogenated alkanes) is 1. The van der Waals surface area contributed by atoms with Crippen LogP contribution in [0.25, 0.3) is 0 Å². The van der Waals surface area contributed by atoms with Crippen molar-refractivity contribution in [3.05, 3.63) is 23.1 Å². The third-order valence-corrected chi connectivity index (χ3v) is 2.15. The zero-order valence-electron chi connectivity index (χ0n) is 5.76. The molecule has 0 amide bonds. The average molecular weight is 140 g/mol. The van der Waals surface area contributed by atoms with Gasteiger partial charge in [-0.05, 0) is 17.4 Å². The van der Waals surface area contributed by atoms with Gasteiger partial charge in [0.15, 0.2) is 0 Å². The molecule has 0 nitrogen and oxygen atoms in total. The zero-order valence-corrected chi connectivity index (χ0v) is 6.58.